The number of imide groups is 1. The van der Waals surface area contributed by atoms with Gasteiger partial charge in [0.1, 0.15) is 0 Å². The number of nitrogens with two attached hydrogens (primary N) is 1. The van der Waals surface area contributed by atoms with Gasteiger partial charge in [0.15, 0.2) is 0 Å². The summed E-state index contributed by atoms with van der Waals surface area (Å²) >= 11 is 1.67. The second kappa shape index (κ2) is 5.24. The van der Waals surface area contributed by atoms with E-state index in [1.54, 1.807) is 11.8 Å². The summed E-state index contributed by atoms with van der Waals surface area (Å²) in [6.07, 6.45) is 0.779. The predicted molar refractivity (Wildman–Crippen MR) is 52.3 cm³/mol. The lowest BCUT2D eigenvalue weighted by Gasteiger charge is -2.12. The Bertz CT molecular complexity index is 192. The smallest absolute Gasteiger partial charge is 0.229 e. The van der Waals surface area contributed by atoms with Crippen molar-refractivity contribution in [2.45, 2.75) is 12.8 Å². The van der Waals surface area contributed by atoms with Crippen LogP contribution in [0.5, 0.6) is 0 Å². The fourth-order valence-corrected chi connectivity index (χ4v) is 1.90. The largest absolute Gasteiger partial charge is 0.330 e. The summed E-state index contributed by atoms with van der Waals surface area (Å²) in [6, 6.07) is 0. The second-order valence-corrected chi connectivity index (χ2v) is 4.06. The highest BCUT2D eigenvalue weighted by Crippen LogP contribution is 2.12. The first kappa shape index (κ1) is 10.5. The molecule has 1 rings (SSSR count). The van der Waals surface area contributed by atoms with Gasteiger partial charge in [0.05, 0.1) is 0 Å². The van der Waals surface area contributed by atoms with E-state index >= 15 is 0 Å². The Morgan fingerprint density at radius 2 is 1.85 bits per heavy atom. The molecule has 0 aromatic carbocycles. The third-order valence-electron chi connectivity index (χ3n) is 1.88. The van der Waals surface area contributed by atoms with Gasteiger partial charge in [-0.2, -0.15) is 11.8 Å². The summed E-state index contributed by atoms with van der Waals surface area (Å²) in [5.41, 5.74) is 5.31. The Kier molecular flexibility index (Phi) is 4.24. The molecule has 0 aromatic heterocycles. The average molecular weight is 202 g/mol. The van der Waals surface area contributed by atoms with E-state index in [1.807, 2.05) is 0 Å². The van der Waals surface area contributed by atoms with E-state index in [0.717, 1.165) is 11.5 Å². The minimum atomic E-state index is -0.0293. The summed E-state index contributed by atoms with van der Waals surface area (Å²) in [6.45, 7) is 1.19. The van der Waals surface area contributed by atoms with Crippen LogP contribution in [0.1, 0.15) is 12.8 Å². The van der Waals surface area contributed by atoms with Gasteiger partial charge < -0.3 is 5.73 Å². The van der Waals surface area contributed by atoms with Crippen LogP contribution in [0.3, 0.4) is 0 Å². The Hall–Kier alpha value is -0.550. The number of hydrogen-bond donors (Lipinski definition) is 1. The van der Waals surface area contributed by atoms with E-state index in [0.29, 0.717) is 25.9 Å². The Labute approximate surface area is 81.8 Å². The van der Waals surface area contributed by atoms with Gasteiger partial charge in [-0.15, -0.1) is 0 Å². The van der Waals surface area contributed by atoms with Crippen LogP contribution < -0.4 is 5.73 Å². The van der Waals surface area contributed by atoms with Gasteiger partial charge in [0.25, 0.3) is 0 Å². The Morgan fingerprint density at radius 1 is 1.23 bits per heavy atom. The zero-order chi connectivity index (χ0) is 9.68. The molecular formula is C8H14N2O2S. The molecule has 1 aliphatic heterocycles. The van der Waals surface area contributed by atoms with E-state index in [2.05, 4.69) is 0 Å². The quantitative estimate of drug-likeness (QED) is 0.496. The number of carbonyl (C=O) groups is 2. The molecule has 1 heterocycles. The van der Waals surface area contributed by atoms with Crippen molar-refractivity contribution in [2.24, 2.45) is 5.73 Å². The van der Waals surface area contributed by atoms with Gasteiger partial charge in [-0.05, 0) is 0 Å². The molecule has 1 fully saturated rings. The van der Waals surface area contributed by atoms with Gasteiger partial charge in [0, 0.05) is 37.4 Å². The summed E-state index contributed by atoms with van der Waals surface area (Å²) in [7, 11) is 0. The van der Waals surface area contributed by atoms with E-state index in [1.165, 1.54) is 4.90 Å². The molecule has 0 radical (unpaired) electrons. The SMILES string of the molecule is NCCSCCN1C(=O)CCC1=O. The van der Waals surface area contributed by atoms with Crippen LogP contribution in [0, 0.1) is 0 Å². The van der Waals surface area contributed by atoms with Crippen molar-refractivity contribution in [1.82, 2.24) is 4.90 Å². The molecule has 13 heavy (non-hydrogen) atoms. The molecule has 1 saturated heterocycles. The molecule has 4 nitrogen and oxygen atoms in total. The molecular weight excluding hydrogens is 188 g/mol. The molecule has 0 saturated carbocycles. The molecule has 5 heteroatoms. The minimum Gasteiger partial charge on any atom is -0.330 e. The first-order valence-corrected chi connectivity index (χ1v) is 5.52. The van der Waals surface area contributed by atoms with Crippen molar-refractivity contribution in [3.8, 4) is 0 Å². The number of hydrogen-bond acceptors (Lipinski definition) is 4. The van der Waals surface area contributed by atoms with Crippen molar-refractivity contribution in [2.75, 3.05) is 24.6 Å². The van der Waals surface area contributed by atoms with Crippen molar-refractivity contribution in [3.05, 3.63) is 0 Å². The number of amides is 2. The lowest BCUT2D eigenvalue weighted by atomic mass is 10.4. The fraction of sp³-hybridized carbons (Fsp3) is 0.750. The Balaban J connectivity index is 2.20. The summed E-state index contributed by atoms with van der Waals surface area (Å²) in [5.74, 6) is 1.63. The predicted octanol–water partition coefficient (Wildman–Crippen LogP) is -0.173. The molecule has 0 unspecified atom stereocenters. The average Bonchev–Trinajstić information content (AvgIpc) is 2.42. The molecule has 1 aliphatic rings. The minimum absolute atomic E-state index is 0.0293. The van der Waals surface area contributed by atoms with Crippen molar-refractivity contribution in [3.63, 3.8) is 0 Å². The summed E-state index contributed by atoms with van der Waals surface area (Å²) < 4.78 is 0. The lowest BCUT2D eigenvalue weighted by molar-refractivity contribution is -0.137. The zero-order valence-electron chi connectivity index (χ0n) is 7.49. The number of carbonyl (C=O) groups excluding carboxylic acids is 2. The van der Waals surface area contributed by atoms with Crippen LogP contribution in [0.15, 0.2) is 0 Å². The van der Waals surface area contributed by atoms with Crippen LogP contribution in [0.4, 0.5) is 0 Å². The first-order chi connectivity index (χ1) is 6.25. The monoisotopic (exact) mass is 202 g/mol. The van der Waals surface area contributed by atoms with Crippen molar-refractivity contribution >= 4 is 23.6 Å². The maximum atomic E-state index is 11.1. The highest BCUT2D eigenvalue weighted by molar-refractivity contribution is 7.99. The number of nitrogens with zero attached hydrogens (tertiary/aromatic N) is 1. The van der Waals surface area contributed by atoms with Crippen molar-refractivity contribution < 1.29 is 9.59 Å². The normalized spacial score (nSPS) is 17.2. The molecule has 2 N–H and O–H groups in total. The molecule has 0 aliphatic carbocycles. The third kappa shape index (κ3) is 3.00. The van der Waals surface area contributed by atoms with E-state index < -0.39 is 0 Å². The van der Waals surface area contributed by atoms with Gasteiger partial charge >= 0.3 is 0 Å². The molecule has 0 bridgehead atoms. The van der Waals surface area contributed by atoms with Gasteiger partial charge in [0.2, 0.25) is 11.8 Å². The van der Waals surface area contributed by atoms with Gasteiger partial charge in [-0.25, -0.2) is 0 Å². The van der Waals surface area contributed by atoms with Gasteiger partial charge in [-0.1, -0.05) is 0 Å². The van der Waals surface area contributed by atoms with Crippen LogP contribution in [-0.2, 0) is 9.59 Å². The highest BCUT2D eigenvalue weighted by Gasteiger charge is 2.27. The van der Waals surface area contributed by atoms with Crippen LogP contribution >= 0.6 is 11.8 Å². The highest BCUT2D eigenvalue weighted by atomic mass is 32.2. The van der Waals surface area contributed by atoms with Crippen LogP contribution in [0.25, 0.3) is 0 Å². The first-order valence-electron chi connectivity index (χ1n) is 4.36. The maximum Gasteiger partial charge on any atom is 0.229 e. The molecule has 0 spiro atoms. The molecule has 2 amide bonds. The van der Waals surface area contributed by atoms with Gasteiger partial charge in [-0.3, -0.25) is 14.5 Å². The van der Waals surface area contributed by atoms with E-state index in [-0.39, 0.29) is 11.8 Å². The molecule has 0 aromatic rings. The van der Waals surface area contributed by atoms with Crippen LogP contribution in [0.2, 0.25) is 0 Å². The lowest BCUT2D eigenvalue weighted by Crippen LogP contribution is -2.31. The van der Waals surface area contributed by atoms with Crippen molar-refractivity contribution in [1.29, 1.82) is 0 Å². The standard InChI is InChI=1S/C8H14N2O2S/c9-3-5-13-6-4-10-7(11)1-2-8(10)12/h1-6,9H2. The third-order valence-corrected chi connectivity index (χ3v) is 2.87. The van der Waals surface area contributed by atoms with E-state index in [4.69, 9.17) is 5.73 Å². The number of likely N-dealkylation sites (tertiary alicyclic amines) is 1. The topological polar surface area (TPSA) is 63.4 Å². The number of thioether (sulfide) groups is 1. The summed E-state index contributed by atoms with van der Waals surface area (Å²) in [4.78, 5) is 23.6. The zero-order valence-corrected chi connectivity index (χ0v) is 8.31. The van der Waals surface area contributed by atoms with E-state index in [9.17, 15) is 9.59 Å². The fourth-order valence-electron chi connectivity index (χ4n) is 1.21. The molecule has 0 atom stereocenters. The Morgan fingerprint density at radius 3 is 2.38 bits per heavy atom. The maximum absolute atomic E-state index is 11.1. The molecule has 74 valence electrons. The summed E-state index contributed by atoms with van der Waals surface area (Å²) in [5, 5.41) is 0. The second-order valence-electron chi connectivity index (χ2n) is 2.84. The van der Waals surface area contributed by atoms with Crippen LogP contribution in [-0.4, -0.2) is 41.3 Å². The number of rotatable bonds is 5.